The first kappa shape index (κ1) is 12.4. The number of halogens is 1. The van der Waals surface area contributed by atoms with Gasteiger partial charge in [0.1, 0.15) is 0 Å². The molecule has 17 heavy (non-hydrogen) atoms. The number of nitrogens with one attached hydrogen (secondary N) is 1. The molecule has 4 nitrogen and oxygen atoms in total. The summed E-state index contributed by atoms with van der Waals surface area (Å²) in [5.41, 5.74) is 4.90. The van der Waals surface area contributed by atoms with Crippen molar-refractivity contribution in [3.8, 4) is 0 Å². The van der Waals surface area contributed by atoms with Crippen molar-refractivity contribution in [2.24, 2.45) is 5.84 Å². The SMILES string of the molecule is Cc1nnsc1C(Cc1ccc(Cl)cc1)NN. The normalized spacial score (nSPS) is 12.6. The third-order valence-electron chi connectivity index (χ3n) is 2.56. The van der Waals surface area contributed by atoms with E-state index < -0.39 is 0 Å². The van der Waals surface area contributed by atoms with Gasteiger partial charge >= 0.3 is 0 Å². The molecule has 1 atom stereocenters. The molecule has 0 spiro atoms. The van der Waals surface area contributed by atoms with E-state index in [1.807, 2.05) is 31.2 Å². The van der Waals surface area contributed by atoms with E-state index in [0.29, 0.717) is 0 Å². The summed E-state index contributed by atoms with van der Waals surface area (Å²) in [5.74, 6) is 5.59. The van der Waals surface area contributed by atoms with Crippen LogP contribution in [0.1, 0.15) is 22.2 Å². The summed E-state index contributed by atoms with van der Waals surface area (Å²) in [5, 5.41) is 4.73. The van der Waals surface area contributed by atoms with Crippen molar-refractivity contribution in [2.75, 3.05) is 0 Å². The second-order valence-electron chi connectivity index (χ2n) is 3.77. The molecule has 1 aromatic carbocycles. The molecular formula is C11H13ClN4S. The second-order valence-corrected chi connectivity index (χ2v) is 4.99. The summed E-state index contributed by atoms with van der Waals surface area (Å²) in [6, 6.07) is 7.79. The first-order valence-corrected chi connectivity index (χ1v) is 6.35. The Morgan fingerprint density at radius 2 is 2.12 bits per heavy atom. The van der Waals surface area contributed by atoms with Gasteiger partial charge in [-0.15, -0.1) is 5.10 Å². The van der Waals surface area contributed by atoms with Gasteiger partial charge in [-0.3, -0.25) is 11.3 Å². The van der Waals surface area contributed by atoms with E-state index in [0.717, 1.165) is 22.0 Å². The van der Waals surface area contributed by atoms with Gasteiger partial charge in [-0.05, 0) is 42.6 Å². The zero-order chi connectivity index (χ0) is 12.3. The number of aryl methyl sites for hydroxylation is 1. The van der Waals surface area contributed by atoms with Crippen LogP contribution in [-0.2, 0) is 6.42 Å². The summed E-state index contributed by atoms with van der Waals surface area (Å²) in [4.78, 5) is 1.07. The van der Waals surface area contributed by atoms with Crippen molar-refractivity contribution >= 4 is 23.1 Å². The Kier molecular flexibility index (Phi) is 4.06. The van der Waals surface area contributed by atoms with Crippen LogP contribution in [0.15, 0.2) is 24.3 Å². The Balaban J connectivity index is 2.16. The molecule has 0 radical (unpaired) electrons. The van der Waals surface area contributed by atoms with Crippen LogP contribution in [-0.4, -0.2) is 9.59 Å². The lowest BCUT2D eigenvalue weighted by atomic mass is 10.0. The van der Waals surface area contributed by atoms with Gasteiger partial charge in [-0.2, -0.15) is 0 Å². The summed E-state index contributed by atoms with van der Waals surface area (Å²) >= 11 is 7.22. The molecular weight excluding hydrogens is 256 g/mol. The smallest absolute Gasteiger partial charge is 0.0773 e. The summed E-state index contributed by atoms with van der Waals surface area (Å²) in [6.45, 7) is 1.94. The molecule has 0 aliphatic rings. The number of benzene rings is 1. The Labute approximate surface area is 109 Å². The highest BCUT2D eigenvalue weighted by molar-refractivity contribution is 7.05. The van der Waals surface area contributed by atoms with Crippen LogP contribution in [0, 0.1) is 6.92 Å². The van der Waals surface area contributed by atoms with Crippen LogP contribution in [0.2, 0.25) is 5.02 Å². The van der Waals surface area contributed by atoms with Crippen LogP contribution in [0.5, 0.6) is 0 Å². The summed E-state index contributed by atoms with van der Waals surface area (Å²) < 4.78 is 3.92. The predicted molar refractivity (Wildman–Crippen MR) is 69.9 cm³/mol. The number of hydrazine groups is 1. The van der Waals surface area contributed by atoms with Crippen molar-refractivity contribution in [3.05, 3.63) is 45.4 Å². The number of aromatic nitrogens is 2. The van der Waals surface area contributed by atoms with Gasteiger partial charge in [-0.1, -0.05) is 28.2 Å². The third kappa shape index (κ3) is 3.01. The molecule has 90 valence electrons. The Morgan fingerprint density at radius 1 is 1.41 bits per heavy atom. The molecule has 1 unspecified atom stereocenters. The molecule has 3 N–H and O–H groups in total. The average Bonchev–Trinajstić information content (AvgIpc) is 2.75. The molecule has 0 aliphatic carbocycles. The monoisotopic (exact) mass is 268 g/mol. The molecule has 0 saturated carbocycles. The van der Waals surface area contributed by atoms with E-state index in [1.165, 1.54) is 17.1 Å². The fourth-order valence-electron chi connectivity index (χ4n) is 1.64. The van der Waals surface area contributed by atoms with Gasteiger partial charge in [0.2, 0.25) is 0 Å². The van der Waals surface area contributed by atoms with Crippen molar-refractivity contribution in [1.82, 2.24) is 15.0 Å². The van der Waals surface area contributed by atoms with Crippen molar-refractivity contribution in [3.63, 3.8) is 0 Å². The van der Waals surface area contributed by atoms with Gasteiger partial charge in [0.25, 0.3) is 0 Å². The summed E-state index contributed by atoms with van der Waals surface area (Å²) in [7, 11) is 0. The standard InChI is InChI=1S/C11H13ClN4S/c1-7-11(17-16-15-7)10(14-13)6-8-2-4-9(12)5-3-8/h2-5,10,14H,6,13H2,1H3. The van der Waals surface area contributed by atoms with Crippen LogP contribution in [0.3, 0.4) is 0 Å². The Morgan fingerprint density at radius 3 is 2.65 bits per heavy atom. The molecule has 1 aromatic heterocycles. The van der Waals surface area contributed by atoms with E-state index in [9.17, 15) is 0 Å². The first-order valence-electron chi connectivity index (χ1n) is 5.20. The molecule has 1 heterocycles. The molecule has 2 aromatic rings. The van der Waals surface area contributed by atoms with Crippen LogP contribution in [0.25, 0.3) is 0 Å². The number of nitrogens with two attached hydrogens (primary N) is 1. The van der Waals surface area contributed by atoms with E-state index in [2.05, 4.69) is 15.0 Å². The van der Waals surface area contributed by atoms with Crippen molar-refractivity contribution < 1.29 is 0 Å². The average molecular weight is 269 g/mol. The quantitative estimate of drug-likeness (QED) is 0.659. The number of hydrogen-bond donors (Lipinski definition) is 2. The minimum atomic E-state index is 0.0381. The molecule has 2 rings (SSSR count). The zero-order valence-corrected chi connectivity index (χ0v) is 10.9. The van der Waals surface area contributed by atoms with E-state index >= 15 is 0 Å². The molecule has 0 aliphatic heterocycles. The minimum Gasteiger partial charge on any atom is -0.271 e. The van der Waals surface area contributed by atoms with Gasteiger partial charge in [0, 0.05) is 5.02 Å². The van der Waals surface area contributed by atoms with Gasteiger partial charge in [-0.25, -0.2) is 0 Å². The lowest BCUT2D eigenvalue weighted by Gasteiger charge is -2.14. The molecule has 0 fully saturated rings. The highest BCUT2D eigenvalue weighted by Gasteiger charge is 2.16. The highest BCUT2D eigenvalue weighted by Crippen LogP contribution is 2.23. The molecule has 6 heteroatoms. The molecule has 0 bridgehead atoms. The Hall–Kier alpha value is -1.01. The van der Waals surface area contributed by atoms with Crippen molar-refractivity contribution in [1.29, 1.82) is 0 Å². The lowest BCUT2D eigenvalue weighted by Crippen LogP contribution is -2.29. The van der Waals surface area contributed by atoms with E-state index in [4.69, 9.17) is 17.4 Å². The molecule has 0 amide bonds. The minimum absolute atomic E-state index is 0.0381. The fourth-order valence-corrected chi connectivity index (χ4v) is 2.47. The predicted octanol–water partition coefficient (Wildman–Crippen LogP) is 2.25. The Bertz CT molecular complexity index is 482. The highest BCUT2D eigenvalue weighted by atomic mass is 35.5. The lowest BCUT2D eigenvalue weighted by molar-refractivity contribution is 0.557. The second kappa shape index (κ2) is 5.55. The fraction of sp³-hybridized carbons (Fsp3) is 0.273. The van der Waals surface area contributed by atoms with Crippen molar-refractivity contribution in [2.45, 2.75) is 19.4 Å². The zero-order valence-electron chi connectivity index (χ0n) is 9.35. The van der Waals surface area contributed by atoms with Gasteiger partial charge < -0.3 is 0 Å². The number of hydrogen-bond acceptors (Lipinski definition) is 5. The topological polar surface area (TPSA) is 63.8 Å². The maximum atomic E-state index is 5.85. The van der Waals surface area contributed by atoms with E-state index in [-0.39, 0.29) is 6.04 Å². The largest absolute Gasteiger partial charge is 0.271 e. The van der Waals surface area contributed by atoms with Crippen LogP contribution < -0.4 is 11.3 Å². The van der Waals surface area contributed by atoms with Crippen LogP contribution >= 0.6 is 23.1 Å². The van der Waals surface area contributed by atoms with Crippen LogP contribution in [0.4, 0.5) is 0 Å². The number of rotatable bonds is 4. The molecule has 0 saturated heterocycles. The maximum absolute atomic E-state index is 5.85. The van der Waals surface area contributed by atoms with Gasteiger partial charge in [0.05, 0.1) is 16.6 Å². The number of nitrogens with zero attached hydrogens (tertiary/aromatic N) is 2. The van der Waals surface area contributed by atoms with Gasteiger partial charge in [0.15, 0.2) is 0 Å². The third-order valence-corrected chi connectivity index (χ3v) is 3.75. The first-order chi connectivity index (χ1) is 8.20. The van der Waals surface area contributed by atoms with E-state index in [1.54, 1.807) is 0 Å². The maximum Gasteiger partial charge on any atom is 0.0773 e. The summed E-state index contributed by atoms with van der Waals surface area (Å²) in [6.07, 6.45) is 0.790.